The highest BCUT2D eigenvalue weighted by Crippen LogP contribution is 2.20. The number of benzene rings is 2. The maximum Gasteiger partial charge on any atom is 0.273 e. The van der Waals surface area contributed by atoms with Crippen molar-refractivity contribution < 1.29 is 9.72 Å². The molecular formula is C14H10ClNO3. The molecule has 0 bridgehead atoms. The van der Waals surface area contributed by atoms with Gasteiger partial charge in [-0.1, -0.05) is 41.9 Å². The van der Waals surface area contributed by atoms with Crippen LogP contribution in [0.1, 0.15) is 15.9 Å². The number of ketones is 1. The van der Waals surface area contributed by atoms with Crippen molar-refractivity contribution in [3.05, 3.63) is 74.8 Å². The molecule has 4 nitrogen and oxygen atoms in total. The zero-order valence-electron chi connectivity index (χ0n) is 9.88. The van der Waals surface area contributed by atoms with E-state index in [4.69, 9.17) is 11.6 Å². The Morgan fingerprint density at radius 3 is 2.58 bits per heavy atom. The Morgan fingerprint density at radius 2 is 1.89 bits per heavy atom. The quantitative estimate of drug-likeness (QED) is 0.486. The van der Waals surface area contributed by atoms with Gasteiger partial charge in [0.2, 0.25) is 0 Å². The molecule has 0 aliphatic carbocycles. The van der Waals surface area contributed by atoms with Gasteiger partial charge in [0.15, 0.2) is 5.78 Å². The minimum absolute atomic E-state index is 0.0164. The fourth-order valence-corrected chi connectivity index (χ4v) is 1.97. The highest BCUT2D eigenvalue weighted by Gasteiger charge is 2.16. The van der Waals surface area contributed by atoms with Crippen molar-refractivity contribution in [2.24, 2.45) is 0 Å². The minimum atomic E-state index is -0.486. The van der Waals surface area contributed by atoms with Crippen LogP contribution >= 0.6 is 11.6 Å². The summed E-state index contributed by atoms with van der Waals surface area (Å²) in [5, 5.41) is 11.3. The molecule has 19 heavy (non-hydrogen) atoms. The second-order valence-electron chi connectivity index (χ2n) is 4.00. The maximum atomic E-state index is 12.1. The molecule has 2 aromatic rings. The first-order valence-corrected chi connectivity index (χ1v) is 5.97. The van der Waals surface area contributed by atoms with Gasteiger partial charge in [0.05, 0.1) is 4.92 Å². The molecule has 0 aliphatic heterocycles. The van der Waals surface area contributed by atoms with Crippen LogP contribution in [-0.4, -0.2) is 10.7 Å². The van der Waals surface area contributed by atoms with E-state index in [1.165, 1.54) is 6.07 Å². The molecule has 0 aromatic heterocycles. The fraction of sp³-hybridized carbons (Fsp3) is 0.0714. The summed E-state index contributed by atoms with van der Waals surface area (Å²) >= 11 is 5.81. The Hall–Kier alpha value is -2.20. The maximum absolute atomic E-state index is 12.1. The van der Waals surface area contributed by atoms with E-state index in [2.05, 4.69) is 0 Å². The van der Waals surface area contributed by atoms with Crippen molar-refractivity contribution in [3.8, 4) is 0 Å². The standard InChI is InChI=1S/C14H10ClNO3/c15-12-6-3-5-11(8-12)14(17)9-10-4-1-2-7-13(10)16(18)19/h1-8H,9H2. The molecule has 5 heteroatoms. The van der Waals surface area contributed by atoms with Gasteiger partial charge in [-0.05, 0) is 12.1 Å². The van der Waals surface area contributed by atoms with Gasteiger partial charge < -0.3 is 0 Å². The molecule has 0 spiro atoms. The molecule has 0 saturated heterocycles. The molecular weight excluding hydrogens is 266 g/mol. The number of halogens is 1. The lowest BCUT2D eigenvalue weighted by atomic mass is 10.0. The predicted octanol–water partition coefficient (Wildman–Crippen LogP) is 3.67. The van der Waals surface area contributed by atoms with Gasteiger partial charge in [0.25, 0.3) is 5.69 Å². The zero-order chi connectivity index (χ0) is 13.8. The van der Waals surface area contributed by atoms with Crippen LogP contribution in [0.4, 0.5) is 5.69 Å². The van der Waals surface area contributed by atoms with Gasteiger partial charge in [0, 0.05) is 28.6 Å². The fourth-order valence-electron chi connectivity index (χ4n) is 1.78. The van der Waals surface area contributed by atoms with Gasteiger partial charge in [-0.15, -0.1) is 0 Å². The molecule has 0 amide bonds. The highest BCUT2D eigenvalue weighted by atomic mass is 35.5. The SMILES string of the molecule is O=C(Cc1ccccc1[N+](=O)[O-])c1cccc(Cl)c1. The summed E-state index contributed by atoms with van der Waals surface area (Å²) in [4.78, 5) is 22.4. The van der Waals surface area contributed by atoms with Crippen molar-refractivity contribution >= 4 is 23.1 Å². The van der Waals surface area contributed by atoms with Crippen LogP contribution in [0.25, 0.3) is 0 Å². The van der Waals surface area contributed by atoms with Gasteiger partial charge >= 0.3 is 0 Å². The molecule has 0 fully saturated rings. The second kappa shape index (κ2) is 5.63. The molecule has 0 atom stereocenters. The van der Waals surface area contributed by atoms with E-state index >= 15 is 0 Å². The smallest absolute Gasteiger partial charge is 0.273 e. The van der Waals surface area contributed by atoms with E-state index in [0.29, 0.717) is 16.1 Å². The monoisotopic (exact) mass is 275 g/mol. The third-order valence-corrected chi connectivity index (χ3v) is 2.92. The third-order valence-electron chi connectivity index (χ3n) is 2.69. The average Bonchev–Trinajstić information content (AvgIpc) is 2.39. The first-order chi connectivity index (χ1) is 9.08. The second-order valence-corrected chi connectivity index (χ2v) is 4.43. The Labute approximate surface area is 114 Å². The topological polar surface area (TPSA) is 60.2 Å². The summed E-state index contributed by atoms with van der Waals surface area (Å²) in [6, 6.07) is 12.8. The molecule has 2 rings (SSSR count). The number of carbonyl (C=O) groups excluding carboxylic acids is 1. The Kier molecular flexibility index (Phi) is 3.92. The molecule has 2 aromatic carbocycles. The van der Waals surface area contributed by atoms with E-state index in [1.807, 2.05) is 0 Å². The molecule has 0 radical (unpaired) electrons. The Morgan fingerprint density at radius 1 is 1.16 bits per heavy atom. The van der Waals surface area contributed by atoms with Crippen LogP contribution in [0, 0.1) is 10.1 Å². The first kappa shape index (κ1) is 13.2. The number of para-hydroxylation sites is 1. The van der Waals surface area contributed by atoms with Gasteiger partial charge in [-0.25, -0.2) is 0 Å². The van der Waals surface area contributed by atoms with E-state index in [9.17, 15) is 14.9 Å². The number of nitro groups is 1. The van der Waals surface area contributed by atoms with Crippen LogP contribution in [0.5, 0.6) is 0 Å². The highest BCUT2D eigenvalue weighted by molar-refractivity contribution is 6.31. The lowest BCUT2D eigenvalue weighted by molar-refractivity contribution is -0.385. The number of hydrogen-bond donors (Lipinski definition) is 0. The van der Waals surface area contributed by atoms with Crippen molar-refractivity contribution in [1.82, 2.24) is 0 Å². The van der Waals surface area contributed by atoms with Gasteiger partial charge in [-0.2, -0.15) is 0 Å². The molecule has 0 N–H and O–H groups in total. The van der Waals surface area contributed by atoms with Crippen molar-refractivity contribution in [3.63, 3.8) is 0 Å². The van der Waals surface area contributed by atoms with E-state index in [0.717, 1.165) is 0 Å². The number of carbonyl (C=O) groups is 1. The van der Waals surface area contributed by atoms with Gasteiger partial charge in [-0.3, -0.25) is 14.9 Å². The number of nitrogens with zero attached hydrogens (tertiary/aromatic N) is 1. The van der Waals surface area contributed by atoms with Crippen molar-refractivity contribution in [2.45, 2.75) is 6.42 Å². The minimum Gasteiger partial charge on any atom is -0.294 e. The van der Waals surface area contributed by atoms with Crippen molar-refractivity contribution in [1.29, 1.82) is 0 Å². The first-order valence-electron chi connectivity index (χ1n) is 5.59. The summed E-state index contributed by atoms with van der Waals surface area (Å²) in [6.45, 7) is 0. The molecule has 0 heterocycles. The molecule has 0 aliphatic rings. The number of rotatable bonds is 4. The number of nitro benzene ring substituents is 1. The summed E-state index contributed by atoms with van der Waals surface area (Å²) in [5.41, 5.74) is 0.806. The van der Waals surface area contributed by atoms with E-state index in [-0.39, 0.29) is 17.9 Å². The van der Waals surface area contributed by atoms with E-state index in [1.54, 1.807) is 42.5 Å². The predicted molar refractivity (Wildman–Crippen MR) is 72.6 cm³/mol. The van der Waals surface area contributed by atoms with Crippen molar-refractivity contribution in [2.75, 3.05) is 0 Å². The Balaban J connectivity index is 2.27. The summed E-state index contributed by atoms with van der Waals surface area (Å²) in [7, 11) is 0. The summed E-state index contributed by atoms with van der Waals surface area (Å²) in [6.07, 6.45) is -0.0164. The van der Waals surface area contributed by atoms with Gasteiger partial charge in [0.1, 0.15) is 0 Å². The van der Waals surface area contributed by atoms with Crippen LogP contribution in [0.15, 0.2) is 48.5 Å². The molecule has 0 unspecified atom stereocenters. The largest absolute Gasteiger partial charge is 0.294 e. The van der Waals surface area contributed by atoms with Crippen LogP contribution in [0.2, 0.25) is 5.02 Å². The summed E-state index contributed by atoms with van der Waals surface area (Å²) < 4.78 is 0. The lowest BCUT2D eigenvalue weighted by Crippen LogP contribution is -2.05. The Bertz CT molecular complexity index is 640. The molecule has 96 valence electrons. The number of hydrogen-bond acceptors (Lipinski definition) is 3. The van der Waals surface area contributed by atoms with Crippen LogP contribution in [-0.2, 0) is 6.42 Å². The normalized spacial score (nSPS) is 10.2. The van der Waals surface area contributed by atoms with Crippen LogP contribution in [0.3, 0.4) is 0 Å². The number of Topliss-reactive ketones (excluding diaryl/α,β-unsaturated/α-hetero) is 1. The lowest BCUT2D eigenvalue weighted by Gasteiger charge is -2.03. The third kappa shape index (κ3) is 3.17. The zero-order valence-corrected chi connectivity index (χ0v) is 10.6. The summed E-state index contributed by atoms with van der Waals surface area (Å²) in [5.74, 6) is -0.197. The average molecular weight is 276 g/mol. The van der Waals surface area contributed by atoms with Crippen LogP contribution < -0.4 is 0 Å². The van der Waals surface area contributed by atoms with E-state index < -0.39 is 4.92 Å². The molecule has 0 saturated carbocycles.